The zero-order valence-electron chi connectivity index (χ0n) is 12.4. The number of nitrogens with zero attached hydrogens (tertiary/aromatic N) is 2. The number of hydrogen-bond donors (Lipinski definition) is 0. The van der Waals surface area contributed by atoms with E-state index in [0.29, 0.717) is 43.2 Å². The molecule has 2 rings (SSSR count). The summed E-state index contributed by atoms with van der Waals surface area (Å²) in [4.78, 5) is 14.3. The first-order valence-electron chi connectivity index (χ1n) is 6.98. The van der Waals surface area contributed by atoms with Crippen LogP contribution in [-0.2, 0) is 14.8 Å². The van der Waals surface area contributed by atoms with Gasteiger partial charge < -0.3 is 4.90 Å². The van der Waals surface area contributed by atoms with Crippen molar-refractivity contribution in [2.24, 2.45) is 0 Å². The van der Waals surface area contributed by atoms with Gasteiger partial charge in [-0.15, -0.1) is 11.8 Å². The maximum absolute atomic E-state index is 13.4. The molecule has 1 aliphatic heterocycles. The zero-order chi connectivity index (χ0) is 16.2. The Balaban J connectivity index is 1.76. The van der Waals surface area contributed by atoms with Gasteiger partial charge in [0.15, 0.2) is 0 Å². The standard InChI is InChI=1S/C14H19FN2O3S2/c1-22(19,20)17-9-7-16(8-10-17)14(18)6-11-21-13-5-3-2-4-12(13)15/h2-5H,6-11H2,1H3. The molecule has 1 fully saturated rings. The van der Waals surface area contributed by atoms with E-state index < -0.39 is 10.0 Å². The molecule has 0 aliphatic carbocycles. The van der Waals surface area contributed by atoms with Crippen LogP contribution in [0.25, 0.3) is 0 Å². The second-order valence-corrected chi connectivity index (χ2v) is 8.19. The molecule has 1 amide bonds. The number of piperazine rings is 1. The third kappa shape index (κ3) is 4.69. The van der Waals surface area contributed by atoms with Crippen LogP contribution in [0.3, 0.4) is 0 Å². The number of carbonyl (C=O) groups excluding carboxylic acids is 1. The van der Waals surface area contributed by atoms with Gasteiger partial charge in [-0.1, -0.05) is 12.1 Å². The predicted molar refractivity (Wildman–Crippen MR) is 84.7 cm³/mol. The minimum absolute atomic E-state index is 0.0167. The quantitative estimate of drug-likeness (QED) is 0.757. The van der Waals surface area contributed by atoms with Crippen LogP contribution in [0.15, 0.2) is 29.2 Å². The number of carbonyl (C=O) groups is 1. The first kappa shape index (κ1) is 17.2. The van der Waals surface area contributed by atoms with Gasteiger partial charge in [0.05, 0.1) is 6.26 Å². The van der Waals surface area contributed by atoms with E-state index in [4.69, 9.17) is 0 Å². The summed E-state index contributed by atoms with van der Waals surface area (Å²) in [7, 11) is -3.18. The molecule has 1 aliphatic rings. The number of benzene rings is 1. The number of thioether (sulfide) groups is 1. The lowest BCUT2D eigenvalue weighted by molar-refractivity contribution is -0.131. The molecule has 0 N–H and O–H groups in total. The monoisotopic (exact) mass is 346 g/mol. The first-order chi connectivity index (χ1) is 10.4. The van der Waals surface area contributed by atoms with Crippen molar-refractivity contribution in [3.05, 3.63) is 30.1 Å². The molecule has 0 aromatic heterocycles. The lowest BCUT2D eigenvalue weighted by atomic mass is 10.3. The van der Waals surface area contributed by atoms with Crippen LogP contribution in [0.5, 0.6) is 0 Å². The molecule has 0 saturated carbocycles. The number of sulfonamides is 1. The van der Waals surface area contributed by atoms with Crippen molar-refractivity contribution >= 4 is 27.7 Å². The summed E-state index contributed by atoms with van der Waals surface area (Å²) >= 11 is 1.32. The lowest BCUT2D eigenvalue weighted by Gasteiger charge is -2.33. The molecule has 5 nitrogen and oxygen atoms in total. The molecule has 22 heavy (non-hydrogen) atoms. The Morgan fingerprint density at radius 1 is 1.23 bits per heavy atom. The number of hydrogen-bond acceptors (Lipinski definition) is 4. The van der Waals surface area contributed by atoms with Crippen molar-refractivity contribution in [1.82, 2.24) is 9.21 Å². The highest BCUT2D eigenvalue weighted by Gasteiger charge is 2.25. The van der Waals surface area contributed by atoms with Gasteiger partial charge in [-0.2, -0.15) is 4.31 Å². The summed E-state index contributed by atoms with van der Waals surface area (Å²) in [6, 6.07) is 6.48. The highest BCUT2D eigenvalue weighted by atomic mass is 32.2. The Bertz CT molecular complexity index is 629. The molecule has 1 saturated heterocycles. The van der Waals surface area contributed by atoms with Crippen molar-refractivity contribution in [3.8, 4) is 0 Å². The molecule has 122 valence electrons. The largest absolute Gasteiger partial charge is 0.340 e. The summed E-state index contributed by atoms with van der Waals surface area (Å²) in [5.41, 5.74) is 0. The third-order valence-corrected chi connectivity index (χ3v) is 5.82. The van der Waals surface area contributed by atoms with Crippen molar-refractivity contribution in [3.63, 3.8) is 0 Å². The summed E-state index contributed by atoms with van der Waals surface area (Å²) in [5, 5.41) is 0. The zero-order valence-corrected chi connectivity index (χ0v) is 14.0. The van der Waals surface area contributed by atoms with E-state index in [1.165, 1.54) is 28.4 Å². The molecule has 1 aromatic carbocycles. The summed E-state index contributed by atoms with van der Waals surface area (Å²) < 4.78 is 37.6. The minimum atomic E-state index is -3.18. The summed E-state index contributed by atoms with van der Waals surface area (Å²) in [5.74, 6) is 0.213. The molecule has 0 spiro atoms. The van der Waals surface area contributed by atoms with Crippen molar-refractivity contribution in [2.75, 3.05) is 38.2 Å². The Morgan fingerprint density at radius 2 is 1.86 bits per heavy atom. The Morgan fingerprint density at radius 3 is 2.45 bits per heavy atom. The fraction of sp³-hybridized carbons (Fsp3) is 0.500. The molecule has 0 atom stereocenters. The SMILES string of the molecule is CS(=O)(=O)N1CCN(C(=O)CCSc2ccccc2F)CC1. The molecule has 1 heterocycles. The van der Waals surface area contributed by atoms with Gasteiger partial charge in [0.1, 0.15) is 5.82 Å². The van der Waals surface area contributed by atoms with Gasteiger partial charge in [-0.05, 0) is 12.1 Å². The van der Waals surface area contributed by atoms with Crippen LogP contribution >= 0.6 is 11.8 Å². The number of halogens is 1. The highest BCUT2D eigenvalue weighted by Crippen LogP contribution is 2.22. The Labute approximate surface area is 134 Å². The molecular weight excluding hydrogens is 327 g/mol. The van der Waals surface area contributed by atoms with Crippen LogP contribution in [0.1, 0.15) is 6.42 Å². The number of amides is 1. The van der Waals surface area contributed by atoms with Gasteiger partial charge in [0.25, 0.3) is 0 Å². The van der Waals surface area contributed by atoms with Crippen LogP contribution in [0.4, 0.5) is 4.39 Å². The van der Waals surface area contributed by atoms with E-state index in [1.807, 2.05) is 0 Å². The van der Waals surface area contributed by atoms with Crippen LogP contribution in [-0.4, -0.2) is 61.7 Å². The van der Waals surface area contributed by atoms with Gasteiger partial charge in [-0.25, -0.2) is 12.8 Å². The van der Waals surface area contributed by atoms with E-state index in [0.717, 1.165) is 0 Å². The van der Waals surface area contributed by atoms with E-state index in [9.17, 15) is 17.6 Å². The number of rotatable bonds is 5. The fourth-order valence-corrected chi connectivity index (χ4v) is 3.94. The molecule has 8 heteroatoms. The molecular formula is C14H19FN2O3S2. The lowest BCUT2D eigenvalue weighted by Crippen LogP contribution is -2.50. The van der Waals surface area contributed by atoms with Gasteiger partial charge >= 0.3 is 0 Å². The van der Waals surface area contributed by atoms with Crippen LogP contribution in [0, 0.1) is 5.82 Å². The van der Waals surface area contributed by atoms with E-state index in [1.54, 1.807) is 23.1 Å². The minimum Gasteiger partial charge on any atom is -0.340 e. The molecule has 0 bridgehead atoms. The first-order valence-corrected chi connectivity index (χ1v) is 9.81. The highest BCUT2D eigenvalue weighted by molar-refractivity contribution is 7.99. The molecule has 0 unspecified atom stereocenters. The van der Waals surface area contributed by atoms with Gasteiger partial charge in [-0.3, -0.25) is 4.79 Å². The topological polar surface area (TPSA) is 57.7 Å². The maximum Gasteiger partial charge on any atom is 0.223 e. The van der Waals surface area contributed by atoms with Gasteiger partial charge in [0, 0.05) is 43.2 Å². The van der Waals surface area contributed by atoms with Crippen molar-refractivity contribution < 1.29 is 17.6 Å². The maximum atomic E-state index is 13.4. The summed E-state index contributed by atoms with van der Waals surface area (Å²) in [6.07, 6.45) is 1.49. The van der Waals surface area contributed by atoms with E-state index in [-0.39, 0.29) is 11.7 Å². The fourth-order valence-electron chi connectivity index (χ4n) is 2.24. The molecule has 0 radical (unpaired) electrons. The van der Waals surface area contributed by atoms with Crippen LogP contribution < -0.4 is 0 Å². The van der Waals surface area contributed by atoms with E-state index in [2.05, 4.69) is 0 Å². The average molecular weight is 346 g/mol. The normalized spacial score (nSPS) is 16.7. The second kappa shape index (κ2) is 7.43. The van der Waals surface area contributed by atoms with Crippen molar-refractivity contribution in [1.29, 1.82) is 0 Å². The second-order valence-electron chi connectivity index (χ2n) is 5.07. The van der Waals surface area contributed by atoms with Gasteiger partial charge in [0.2, 0.25) is 15.9 Å². The Kier molecular flexibility index (Phi) is 5.82. The third-order valence-electron chi connectivity index (χ3n) is 3.47. The average Bonchev–Trinajstić information content (AvgIpc) is 2.48. The van der Waals surface area contributed by atoms with E-state index >= 15 is 0 Å². The molecule has 1 aromatic rings. The summed E-state index contributed by atoms with van der Waals surface area (Å²) in [6.45, 7) is 1.50. The smallest absolute Gasteiger partial charge is 0.223 e. The Hall–Kier alpha value is -1.12. The predicted octanol–water partition coefficient (Wildman–Crippen LogP) is 1.41. The van der Waals surface area contributed by atoms with Crippen molar-refractivity contribution in [2.45, 2.75) is 11.3 Å². The van der Waals surface area contributed by atoms with Crippen LogP contribution in [0.2, 0.25) is 0 Å².